The van der Waals surface area contributed by atoms with Gasteiger partial charge in [0.1, 0.15) is 15.7 Å². The van der Waals surface area contributed by atoms with Gasteiger partial charge in [0.25, 0.3) is 0 Å². The van der Waals surface area contributed by atoms with E-state index in [1.165, 1.54) is 12.7 Å². The quantitative estimate of drug-likeness (QED) is 0.831. The molecule has 2 aromatic rings. The minimum atomic E-state index is -3.07. The maximum Gasteiger partial charge on any atom is 0.248 e. The number of aryl methyl sites for hydroxylation is 1. The van der Waals surface area contributed by atoms with Gasteiger partial charge in [-0.2, -0.15) is 5.10 Å². The van der Waals surface area contributed by atoms with Crippen molar-refractivity contribution in [1.29, 1.82) is 0 Å². The van der Waals surface area contributed by atoms with Crippen LogP contribution in [0.2, 0.25) is 0 Å². The first kappa shape index (κ1) is 18.6. The molecule has 1 aromatic carbocycles. The van der Waals surface area contributed by atoms with Gasteiger partial charge in [-0.15, -0.1) is 0 Å². The maximum atomic E-state index is 11.6. The molecule has 1 fully saturated rings. The smallest absolute Gasteiger partial charge is 0.248 e. The Balaban J connectivity index is 1.92. The number of aromatic nitrogens is 3. The minimum absolute atomic E-state index is 0.0540. The van der Waals surface area contributed by atoms with Gasteiger partial charge < -0.3 is 5.73 Å². The van der Waals surface area contributed by atoms with Crippen molar-refractivity contribution in [3.8, 4) is 11.4 Å². The van der Waals surface area contributed by atoms with Crippen molar-refractivity contribution in [2.75, 3.05) is 12.0 Å². The van der Waals surface area contributed by atoms with Crippen molar-refractivity contribution in [3.05, 3.63) is 35.7 Å². The van der Waals surface area contributed by atoms with Gasteiger partial charge in [0, 0.05) is 23.8 Å². The molecule has 8 heteroatoms. The third kappa shape index (κ3) is 4.49. The summed E-state index contributed by atoms with van der Waals surface area (Å²) in [6, 6.07) is 7.09. The van der Waals surface area contributed by atoms with Crippen molar-refractivity contribution in [2.24, 2.45) is 5.73 Å². The molecule has 26 heavy (non-hydrogen) atoms. The summed E-state index contributed by atoms with van der Waals surface area (Å²) >= 11 is 0. The number of benzene rings is 1. The van der Waals surface area contributed by atoms with Crippen LogP contribution >= 0.6 is 0 Å². The lowest BCUT2D eigenvalue weighted by molar-refractivity contribution is 0.100. The van der Waals surface area contributed by atoms with Crippen molar-refractivity contribution in [2.45, 2.75) is 44.6 Å². The van der Waals surface area contributed by atoms with E-state index in [1.807, 2.05) is 4.68 Å². The molecule has 1 aromatic heterocycles. The molecule has 0 spiro atoms. The molecule has 2 N–H and O–H groups in total. The lowest BCUT2D eigenvalue weighted by Crippen LogP contribution is -2.18. The highest BCUT2D eigenvalue weighted by atomic mass is 32.2. The highest BCUT2D eigenvalue weighted by molar-refractivity contribution is 7.90. The van der Waals surface area contributed by atoms with E-state index in [0.29, 0.717) is 23.6 Å². The molecule has 0 aliphatic heterocycles. The summed E-state index contributed by atoms with van der Waals surface area (Å²) in [4.78, 5) is 15.8. The first-order valence-electron chi connectivity index (χ1n) is 8.87. The van der Waals surface area contributed by atoms with Gasteiger partial charge in [-0.3, -0.25) is 4.79 Å². The number of rotatable bonds is 6. The molecule has 1 amide bonds. The molecule has 1 saturated carbocycles. The van der Waals surface area contributed by atoms with E-state index in [-0.39, 0.29) is 11.8 Å². The summed E-state index contributed by atoms with van der Waals surface area (Å²) in [6.45, 7) is 0. The second-order valence-electron chi connectivity index (χ2n) is 6.91. The summed E-state index contributed by atoms with van der Waals surface area (Å²) in [6.07, 6.45) is 7.19. The van der Waals surface area contributed by atoms with Gasteiger partial charge >= 0.3 is 0 Å². The molecule has 0 bridgehead atoms. The molecule has 0 unspecified atom stereocenters. The average Bonchev–Trinajstić information content (AvgIpc) is 3.04. The Labute approximate surface area is 153 Å². The molecule has 0 radical (unpaired) electrons. The fourth-order valence-corrected chi connectivity index (χ4v) is 3.88. The van der Waals surface area contributed by atoms with Crippen LogP contribution in [0.25, 0.3) is 11.4 Å². The summed E-state index contributed by atoms with van der Waals surface area (Å²) in [5, 5.41) is 4.67. The summed E-state index contributed by atoms with van der Waals surface area (Å²) in [5.41, 5.74) is 6.49. The number of carbonyl (C=O) groups is 1. The second kappa shape index (κ2) is 7.57. The van der Waals surface area contributed by atoms with E-state index in [1.54, 1.807) is 24.3 Å². The lowest BCUT2D eigenvalue weighted by atomic mass is 9.95. The largest absolute Gasteiger partial charge is 0.366 e. The Hall–Kier alpha value is -2.22. The first-order chi connectivity index (χ1) is 12.3. The molecule has 1 aliphatic carbocycles. The van der Waals surface area contributed by atoms with Crippen LogP contribution in [0.15, 0.2) is 24.3 Å². The molecular weight excluding hydrogens is 352 g/mol. The van der Waals surface area contributed by atoms with Crippen molar-refractivity contribution in [3.63, 3.8) is 0 Å². The predicted molar refractivity (Wildman–Crippen MR) is 99.5 cm³/mol. The highest BCUT2D eigenvalue weighted by Gasteiger charge is 2.22. The normalized spacial score (nSPS) is 15.9. The predicted octanol–water partition coefficient (Wildman–Crippen LogP) is 2.14. The first-order valence-corrected chi connectivity index (χ1v) is 10.9. The van der Waals surface area contributed by atoms with Crippen molar-refractivity contribution < 1.29 is 13.2 Å². The fraction of sp³-hybridized carbons (Fsp3) is 0.500. The van der Waals surface area contributed by atoms with Crippen LogP contribution in [-0.4, -0.2) is 41.1 Å². The molecule has 140 valence electrons. The van der Waals surface area contributed by atoms with Crippen LogP contribution in [0.1, 0.15) is 54.3 Å². The Bertz CT molecular complexity index is 882. The summed E-state index contributed by atoms with van der Waals surface area (Å²) < 4.78 is 25.1. The fourth-order valence-electron chi connectivity index (χ4n) is 3.33. The van der Waals surface area contributed by atoms with Crippen LogP contribution in [-0.2, 0) is 16.3 Å². The Morgan fingerprint density at radius 2 is 1.85 bits per heavy atom. The zero-order valence-electron chi connectivity index (χ0n) is 14.9. The average molecular weight is 376 g/mol. The second-order valence-corrected chi connectivity index (χ2v) is 9.17. The van der Waals surface area contributed by atoms with Crippen molar-refractivity contribution >= 4 is 15.7 Å². The van der Waals surface area contributed by atoms with E-state index in [2.05, 4.69) is 10.1 Å². The van der Waals surface area contributed by atoms with Gasteiger partial charge in [0.2, 0.25) is 5.91 Å². The number of nitrogens with two attached hydrogens (primary N) is 1. The molecule has 0 saturated heterocycles. The zero-order valence-corrected chi connectivity index (χ0v) is 15.7. The van der Waals surface area contributed by atoms with Gasteiger partial charge in [-0.05, 0) is 25.0 Å². The monoisotopic (exact) mass is 376 g/mol. The lowest BCUT2D eigenvalue weighted by Gasteiger charge is -2.23. The molecule has 1 heterocycles. The highest BCUT2D eigenvalue weighted by Crippen LogP contribution is 2.30. The molecular formula is C18H24N4O3S. The summed E-state index contributed by atoms with van der Waals surface area (Å²) in [5.74, 6) is 0.829. The standard InChI is InChI=1S/C18H24N4O3S/c1-26(24,25)12-11-16-20-18(14-9-7-13(8-10-14)17(19)23)21-22(16)15-5-3-2-4-6-15/h7-10,15H,2-6,11-12H2,1H3,(H2,19,23). The van der Waals surface area contributed by atoms with Crippen LogP contribution in [0.5, 0.6) is 0 Å². The van der Waals surface area contributed by atoms with E-state index in [0.717, 1.165) is 31.2 Å². The third-order valence-corrected chi connectivity index (χ3v) is 5.69. The van der Waals surface area contributed by atoms with Crippen molar-refractivity contribution in [1.82, 2.24) is 14.8 Å². The van der Waals surface area contributed by atoms with Gasteiger partial charge in [0.05, 0.1) is 11.8 Å². The number of amides is 1. The molecule has 0 atom stereocenters. The van der Waals surface area contributed by atoms with Crippen LogP contribution < -0.4 is 5.73 Å². The topological polar surface area (TPSA) is 108 Å². The van der Waals surface area contributed by atoms with Gasteiger partial charge in [0.15, 0.2) is 5.82 Å². The number of hydrogen-bond acceptors (Lipinski definition) is 5. The van der Waals surface area contributed by atoms with Gasteiger partial charge in [-0.25, -0.2) is 18.1 Å². The number of primary amides is 1. The molecule has 7 nitrogen and oxygen atoms in total. The molecule has 3 rings (SSSR count). The van der Waals surface area contributed by atoms with E-state index in [4.69, 9.17) is 5.73 Å². The number of hydrogen-bond donors (Lipinski definition) is 1. The van der Waals surface area contributed by atoms with Gasteiger partial charge in [-0.1, -0.05) is 31.4 Å². The third-order valence-electron chi connectivity index (χ3n) is 4.75. The Morgan fingerprint density at radius 1 is 1.19 bits per heavy atom. The number of carbonyl (C=O) groups excluding carboxylic acids is 1. The zero-order chi connectivity index (χ0) is 18.7. The summed E-state index contributed by atoms with van der Waals surface area (Å²) in [7, 11) is -3.07. The van der Waals surface area contributed by atoms with E-state index < -0.39 is 15.7 Å². The van der Waals surface area contributed by atoms with Crippen LogP contribution in [0, 0.1) is 0 Å². The minimum Gasteiger partial charge on any atom is -0.366 e. The Kier molecular flexibility index (Phi) is 5.41. The van der Waals surface area contributed by atoms with Crippen LogP contribution in [0.4, 0.5) is 0 Å². The SMILES string of the molecule is CS(=O)(=O)CCc1nc(-c2ccc(C(N)=O)cc2)nn1C1CCCCC1. The Morgan fingerprint density at radius 3 is 2.42 bits per heavy atom. The number of sulfone groups is 1. The maximum absolute atomic E-state index is 11.6. The number of nitrogens with zero attached hydrogens (tertiary/aromatic N) is 3. The van der Waals surface area contributed by atoms with E-state index in [9.17, 15) is 13.2 Å². The molecule has 1 aliphatic rings. The van der Waals surface area contributed by atoms with Crippen LogP contribution in [0.3, 0.4) is 0 Å². The van der Waals surface area contributed by atoms with E-state index >= 15 is 0 Å².